The van der Waals surface area contributed by atoms with Crippen LogP contribution in [0.15, 0.2) is 18.3 Å². The van der Waals surface area contributed by atoms with Gasteiger partial charge >= 0.3 is 0 Å². The van der Waals surface area contributed by atoms with Gasteiger partial charge in [0.1, 0.15) is 11.5 Å². The van der Waals surface area contributed by atoms with Crippen molar-refractivity contribution in [3.63, 3.8) is 0 Å². The average Bonchev–Trinajstić information content (AvgIpc) is 2.72. The van der Waals surface area contributed by atoms with Crippen LogP contribution in [0.25, 0.3) is 11.3 Å². The molecule has 2 rings (SSSR count). The highest BCUT2D eigenvalue weighted by Gasteiger charge is 2.14. The van der Waals surface area contributed by atoms with Crippen molar-refractivity contribution in [2.75, 3.05) is 26.6 Å². The molecule has 0 fully saturated rings. The summed E-state index contributed by atoms with van der Waals surface area (Å²) in [5, 5.41) is 0.236. The second-order valence-corrected chi connectivity index (χ2v) is 5.00. The Kier molecular flexibility index (Phi) is 17.7. The van der Waals surface area contributed by atoms with Crippen LogP contribution in [0.5, 0.6) is 5.88 Å². The highest BCUT2D eigenvalue weighted by atomic mass is 35.5. The molecule has 0 amide bonds. The van der Waals surface area contributed by atoms with Gasteiger partial charge in [-0.1, -0.05) is 53.1 Å². The van der Waals surface area contributed by atoms with Crippen molar-refractivity contribution in [2.24, 2.45) is 0 Å². The van der Waals surface area contributed by atoms with Gasteiger partial charge in [0.15, 0.2) is 5.15 Å². The molecule has 154 valence electrons. The molecule has 2 heterocycles. The quantitative estimate of drug-likeness (QED) is 0.721. The van der Waals surface area contributed by atoms with Crippen LogP contribution in [-0.2, 0) is 11.2 Å². The Labute approximate surface area is 169 Å². The SMILES string of the molecule is CC.CC.CCCOC.CCc1ccc(-c2ncc(N)nc2Cl)c(OC)n1. The predicted octanol–water partition coefficient (Wildman–Crippen LogP) is 5.44. The third-order valence-corrected chi connectivity index (χ3v) is 3.15. The van der Waals surface area contributed by atoms with Gasteiger partial charge in [0.2, 0.25) is 5.88 Å². The number of halogens is 1. The summed E-state index contributed by atoms with van der Waals surface area (Å²) < 4.78 is 9.95. The number of hydrogen-bond donors (Lipinski definition) is 1. The normalized spacial score (nSPS) is 8.93. The predicted molar refractivity (Wildman–Crippen MR) is 115 cm³/mol. The third-order valence-electron chi connectivity index (χ3n) is 2.89. The fourth-order valence-corrected chi connectivity index (χ4v) is 2.02. The van der Waals surface area contributed by atoms with Gasteiger partial charge in [-0.25, -0.2) is 15.0 Å². The summed E-state index contributed by atoms with van der Waals surface area (Å²) in [7, 11) is 3.27. The number of hydrogen-bond acceptors (Lipinski definition) is 6. The van der Waals surface area contributed by atoms with E-state index in [1.165, 1.54) is 6.20 Å². The van der Waals surface area contributed by atoms with Crippen molar-refractivity contribution >= 4 is 17.4 Å². The molecule has 27 heavy (non-hydrogen) atoms. The highest BCUT2D eigenvalue weighted by molar-refractivity contribution is 6.32. The van der Waals surface area contributed by atoms with E-state index in [0.717, 1.165) is 25.1 Å². The summed E-state index contributed by atoms with van der Waals surface area (Å²) in [6, 6.07) is 3.78. The molecule has 0 radical (unpaired) electrons. The van der Waals surface area contributed by atoms with Gasteiger partial charge in [0.05, 0.1) is 18.9 Å². The zero-order valence-electron chi connectivity index (χ0n) is 18.0. The summed E-state index contributed by atoms with van der Waals surface area (Å²) in [6.45, 7) is 13.0. The van der Waals surface area contributed by atoms with Gasteiger partial charge in [0.25, 0.3) is 0 Å². The minimum absolute atomic E-state index is 0.236. The Hall–Kier alpha value is -1.92. The van der Waals surface area contributed by atoms with E-state index in [1.54, 1.807) is 14.2 Å². The van der Waals surface area contributed by atoms with Gasteiger partial charge in [-0.15, -0.1) is 0 Å². The van der Waals surface area contributed by atoms with Crippen LogP contribution in [0.4, 0.5) is 5.82 Å². The lowest BCUT2D eigenvalue weighted by Crippen LogP contribution is -1.99. The maximum absolute atomic E-state index is 6.03. The Bertz CT molecular complexity index is 623. The monoisotopic (exact) mass is 398 g/mol. The van der Waals surface area contributed by atoms with Gasteiger partial charge in [-0.05, 0) is 25.0 Å². The largest absolute Gasteiger partial charge is 0.480 e. The maximum Gasteiger partial charge on any atom is 0.223 e. The van der Waals surface area contributed by atoms with Crippen LogP contribution in [0.1, 0.15) is 53.7 Å². The number of nitrogens with two attached hydrogens (primary N) is 1. The number of aromatic nitrogens is 3. The number of rotatable bonds is 5. The Morgan fingerprint density at radius 3 is 2.07 bits per heavy atom. The zero-order valence-corrected chi connectivity index (χ0v) is 18.7. The average molecular weight is 399 g/mol. The van der Waals surface area contributed by atoms with Crippen molar-refractivity contribution in [3.8, 4) is 17.1 Å². The molecule has 0 aromatic carbocycles. The number of aryl methyl sites for hydroxylation is 1. The lowest BCUT2D eigenvalue weighted by atomic mass is 10.1. The van der Waals surface area contributed by atoms with E-state index in [-0.39, 0.29) is 11.0 Å². The summed E-state index contributed by atoms with van der Waals surface area (Å²) in [6.07, 6.45) is 3.41. The Balaban J connectivity index is 0. The first-order valence-corrected chi connectivity index (χ1v) is 9.76. The van der Waals surface area contributed by atoms with Crippen molar-refractivity contribution in [3.05, 3.63) is 29.2 Å². The van der Waals surface area contributed by atoms with Crippen LogP contribution in [0.3, 0.4) is 0 Å². The van der Waals surface area contributed by atoms with Crippen LogP contribution in [-0.4, -0.2) is 35.8 Å². The van der Waals surface area contributed by atoms with E-state index in [2.05, 4.69) is 21.9 Å². The standard InChI is InChI=1S/C12H13ClN4O.C4H10O.2C2H6/c1-3-7-4-5-8(12(16-7)18-2)10-11(13)17-9(14)6-15-10;1-3-4-5-2;2*1-2/h4-6H,3H2,1-2H3,(H2,14,17);3-4H2,1-2H3;2*1-2H3. The van der Waals surface area contributed by atoms with E-state index >= 15 is 0 Å². The maximum atomic E-state index is 6.03. The number of anilines is 1. The zero-order chi connectivity index (χ0) is 21.2. The fraction of sp³-hybridized carbons (Fsp3) is 0.550. The lowest BCUT2D eigenvalue weighted by Gasteiger charge is -2.09. The minimum Gasteiger partial charge on any atom is -0.480 e. The molecule has 0 aliphatic carbocycles. The topological polar surface area (TPSA) is 83.2 Å². The molecule has 0 aliphatic rings. The molecule has 7 heteroatoms. The molecule has 0 saturated carbocycles. The first-order chi connectivity index (χ1) is 13.1. The molecule has 0 saturated heterocycles. The second-order valence-electron chi connectivity index (χ2n) is 4.64. The van der Waals surface area contributed by atoms with E-state index < -0.39 is 0 Å². The third kappa shape index (κ3) is 10.1. The van der Waals surface area contributed by atoms with E-state index in [1.807, 2.05) is 46.8 Å². The smallest absolute Gasteiger partial charge is 0.223 e. The lowest BCUT2D eigenvalue weighted by molar-refractivity contribution is 0.199. The van der Waals surface area contributed by atoms with E-state index in [9.17, 15) is 0 Å². The number of nitrogen functional groups attached to an aromatic ring is 1. The molecule has 2 aromatic rings. The van der Waals surface area contributed by atoms with Gasteiger partial charge in [0, 0.05) is 19.4 Å². The molecule has 0 bridgehead atoms. The second kappa shape index (κ2) is 17.5. The minimum atomic E-state index is 0.236. The first-order valence-electron chi connectivity index (χ1n) is 9.38. The first kappa shape index (κ1) is 27.3. The van der Waals surface area contributed by atoms with Crippen LogP contribution in [0, 0.1) is 0 Å². The van der Waals surface area contributed by atoms with Crippen LogP contribution >= 0.6 is 11.6 Å². The fourth-order valence-electron chi connectivity index (χ4n) is 1.78. The molecule has 0 unspecified atom stereocenters. The van der Waals surface area contributed by atoms with Crippen molar-refractivity contribution in [2.45, 2.75) is 54.4 Å². The summed E-state index contributed by atoms with van der Waals surface area (Å²) in [4.78, 5) is 12.5. The molecule has 0 atom stereocenters. The molecular formula is C20H35ClN4O2. The Morgan fingerprint density at radius 1 is 1.04 bits per heavy atom. The molecule has 2 N–H and O–H groups in total. The molecule has 0 aliphatic heterocycles. The number of nitrogens with zero attached hydrogens (tertiary/aromatic N) is 3. The van der Waals surface area contributed by atoms with E-state index in [4.69, 9.17) is 26.8 Å². The molecule has 0 spiro atoms. The Morgan fingerprint density at radius 2 is 1.67 bits per heavy atom. The van der Waals surface area contributed by atoms with Crippen LogP contribution in [0.2, 0.25) is 5.15 Å². The molecule has 2 aromatic heterocycles. The van der Waals surface area contributed by atoms with Crippen molar-refractivity contribution in [1.82, 2.24) is 15.0 Å². The molecule has 6 nitrogen and oxygen atoms in total. The number of ether oxygens (including phenoxy) is 2. The van der Waals surface area contributed by atoms with Crippen LogP contribution < -0.4 is 10.5 Å². The van der Waals surface area contributed by atoms with Crippen molar-refractivity contribution < 1.29 is 9.47 Å². The van der Waals surface area contributed by atoms with Crippen molar-refractivity contribution in [1.29, 1.82) is 0 Å². The summed E-state index contributed by atoms with van der Waals surface area (Å²) in [5.74, 6) is 0.760. The van der Waals surface area contributed by atoms with Gasteiger partial charge in [-0.3, -0.25) is 0 Å². The number of pyridine rings is 1. The van der Waals surface area contributed by atoms with Gasteiger partial charge in [-0.2, -0.15) is 0 Å². The molecular weight excluding hydrogens is 364 g/mol. The van der Waals surface area contributed by atoms with Gasteiger partial charge < -0.3 is 15.2 Å². The summed E-state index contributed by atoms with van der Waals surface area (Å²) in [5.41, 5.74) is 7.67. The number of methoxy groups -OCH3 is 2. The van der Waals surface area contributed by atoms with E-state index in [0.29, 0.717) is 17.1 Å². The summed E-state index contributed by atoms with van der Waals surface area (Å²) >= 11 is 6.03. The highest BCUT2D eigenvalue weighted by Crippen LogP contribution is 2.31.